The number of carbonyl (C=O) groups excluding carboxylic acids is 1. The third kappa shape index (κ3) is 4.17. The summed E-state index contributed by atoms with van der Waals surface area (Å²) in [5.74, 6) is 2.43. The van der Waals surface area contributed by atoms with Crippen molar-refractivity contribution in [2.24, 2.45) is 0 Å². The highest BCUT2D eigenvalue weighted by Crippen LogP contribution is 2.36. The van der Waals surface area contributed by atoms with Crippen LogP contribution in [0.5, 0.6) is 23.0 Å². The van der Waals surface area contributed by atoms with Crippen LogP contribution in [0.4, 0.5) is 10.5 Å². The number of hydrogen-bond acceptors (Lipinski definition) is 5. The molecule has 1 aromatic heterocycles. The van der Waals surface area contributed by atoms with Gasteiger partial charge < -0.3 is 34.6 Å². The van der Waals surface area contributed by atoms with Gasteiger partial charge in [-0.05, 0) is 41.5 Å². The molecule has 1 aliphatic heterocycles. The second-order valence-corrected chi connectivity index (χ2v) is 7.86. The Kier molecular flexibility index (Phi) is 5.86. The summed E-state index contributed by atoms with van der Waals surface area (Å²) in [7, 11) is 3.22. The predicted octanol–water partition coefficient (Wildman–Crippen LogP) is 4.87. The molecule has 5 rings (SSSR count). The summed E-state index contributed by atoms with van der Waals surface area (Å²) in [6.07, 6.45) is 1.99. The standard InChI is InChI=1S/C26H25N3O5/c1-31-22-9-7-16(11-24(22)32-2)19(20-14-27-21-6-4-3-5-18(20)21)13-28-26(30)29-17-8-10-23-25(12-17)34-15-33-23/h3-12,14,19,27H,13,15H2,1-2H3,(H2,28,29,30). The molecule has 8 nitrogen and oxygen atoms in total. The largest absolute Gasteiger partial charge is 0.493 e. The molecule has 0 aliphatic carbocycles. The number of methoxy groups -OCH3 is 2. The van der Waals surface area contributed by atoms with Crippen molar-refractivity contribution in [3.63, 3.8) is 0 Å². The second-order valence-electron chi connectivity index (χ2n) is 7.86. The van der Waals surface area contributed by atoms with E-state index in [0.717, 1.165) is 22.0 Å². The Hall–Kier alpha value is -4.33. The van der Waals surface area contributed by atoms with Gasteiger partial charge in [0.25, 0.3) is 0 Å². The maximum absolute atomic E-state index is 12.8. The number of aromatic amines is 1. The number of hydrogen-bond donors (Lipinski definition) is 3. The number of fused-ring (bicyclic) bond motifs is 2. The fraction of sp³-hybridized carbons (Fsp3) is 0.192. The SMILES string of the molecule is COc1ccc(C(CNC(=O)Nc2ccc3c(c2)OCO3)c2c[nH]c3ccccc23)cc1OC. The van der Waals surface area contributed by atoms with Gasteiger partial charge in [0.05, 0.1) is 14.2 Å². The first-order chi connectivity index (χ1) is 16.7. The van der Waals surface area contributed by atoms with Gasteiger partial charge in [0, 0.05) is 41.3 Å². The zero-order valence-electron chi connectivity index (χ0n) is 18.9. The number of benzene rings is 3. The molecule has 1 aliphatic rings. The lowest BCUT2D eigenvalue weighted by Gasteiger charge is -2.20. The first-order valence-corrected chi connectivity index (χ1v) is 10.9. The smallest absolute Gasteiger partial charge is 0.319 e. The fourth-order valence-corrected chi connectivity index (χ4v) is 4.20. The van der Waals surface area contributed by atoms with E-state index in [4.69, 9.17) is 18.9 Å². The van der Waals surface area contributed by atoms with E-state index in [1.54, 1.807) is 32.4 Å². The quantitative estimate of drug-likeness (QED) is 0.367. The summed E-state index contributed by atoms with van der Waals surface area (Å²) in [4.78, 5) is 16.1. The van der Waals surface area contributed by atoms with Crippen LogP contribution in [-0.4, -0.2) is 38.6 Å². The average Bonchev–Trinajstić information content (AvgIpc) is 3.51. The minimum absolute atomic E-state index is 0.126. The van der Waals surface area contributed by atoms with E-state index >= 15 is 0 Å². The highest BCUT2D eigenvalue weighted by Gasteiger charge is 2.21. The van der Waals surface area contributed by atoms with Gasteiger partial charge in [-0.2, -0.15) is 0 Å². The van der Waals surface area contributed by atoms with Gasteiger partial charge >= 0.3 is 6.03 Å². The molecule has 3 N–H and O–H groups in total. The molecule has 34 heavy (non-hydrogen) atoms. The number of nitrogens with one attached hydrogen (secondary N) is 3. The Bertz CT molecular complexity index is 1330. The van der Waals surface area contributed by atoms with Crippen LogP contribution in [0.2, 0.25) is 0 Å². The number of anilines is 1. The first-order valence-electron chi connectivity index (χ1n) is 10.9. The number of para-hydroxylation sites is 1. The van der Waals surface area contributed by atoms with Crippen molar-refractivity contribution in [2.45, 2.75) is 5.92 Å². The maximum atomic E-state index is 12.8. The molecule has 2 heterocycles. The van der Waals surface area contributed by atoms with Gasteiger partial charge in [0.2, 0.25) is 6.79 Å². The van der Waals surface area contributed by atoms with E-state index in [2.05, 4.69) is 21.7 Å². The monoisotopic (exact) mass is 459 g/mol. The highest BCUT2D eigenvalue weighted by molar-refractivity contribution is 5.90. The molecule has 1 atom stereocenters. The Morgan fingerprint density at radius 1 is 1.00 bits per heavy atom. The first kappa shape index (κ1) is 21.5. The van der Waals surface area contributed by atoms with Crippen LogP contribution >= 0.6 is 0 Å². The van der Waals surface area contributed by atoms with Gasteiger partial charge in [-0.1, -0.05) is 24.3 Å². The van der Waals surface area contributed by atoms with Gasteiger partial charge in [0.1, 0.15) is 0 Å². The maximum Gasteiger partial charge on any atom is 0.319 e. The third-order valence-electron chi connectivity index (χ3n) is 5.90. The van der Waals surface area contributed by atoms with Crippen LogP contribution in [-0.2, 0) is 0 Å². The van der Waals surface area contributed by atoms with Crippen LogP contribution in [0.1, 0.15) is 17.0 Å². The molecule has 8 heteroatoms. The number of urea groups is 1. The zero-order chi connectivity index (χ0) is 23.5. The summed E-state index contributed by atoms with van der Waals surface area (Å²) < 4.78 is 21.6. The van der Waals surface area contributed by atoms with Crippen LogP contribution in [0.15, 0.2) is 66.9 Å². The Labute approximate surface area is 196 Å². The predicted molar refractivity (Wildman–Crippen MR) is 129 cm³/mol. The second kappa shape index (κ2) is 9.27. The number of H-pyrrole nitrogens is 1. The van der Waals surface area contributed by atoms with Crippen LogP contribution in [0, 0.1) is 0 Å². The van der Waals surface area contributed by atoms with Crippen molar-refractivity contribution in [2.75, 3.05) is 32.9 Å². The van der Waals surface area contributed by atoms with E-state index in [9.17, 15) is 4.79 Å². The Balaban J connectivity index is 1.40. The van der Waals surface area contributed by atoms with E-state index < -0.39 is 0 Å². The molecule has 0 radical (unpaired) electrons. The molecule has 1 unspecified atom stereocenters. The van der Waals surface area contributed by atoms with Crippen molar-refractivity contribution in [1.82, 2.24) is 10.3 Å². The molecular formula is C26H25N3O5. The zero-order valence-corrected chi connectivity index (χ0v) is 18.9. The summed E-state index contributed by atoms with van der Waals surface area (Å²) in [5, 5.41) is 6.97. The summed E-state index contributed by atoms with van der Waals surface area (Å²) in [6.45, 7) is 0.552. The molecule has 4 aromatic rings. The fourth-order valence-electron chi connectivity index (χ4n) is 4.20. The molecule has 174 valence electrons. The lowest BCUT2D eigenvalue weighted by atomic mass is 9.90. The van der Waals surface area contributed by atoms with Crippen LogP contribution < -0.4 is 29.6 Å². The third-order valence-corrected chi connectivity index (χ3v) is 5.90. The summed E-state index contributed by atoms with van der Waals surface area (Å²) in [6, 6.07) is 18.9. The van der Waals surface area contributed by atoms with E-state index in [-0.39, 0.29) is 18.7 Å². The molecular weight excluding hydrogens is 434 g/mol. The normalized spacial score (nSPS) is 12.9. The number of carbonyl (C=O) groups is 1. The summed E-state index contributed by atoms with van der Waals surface area (Å²) >= 11 is 0. The molecule has 2 amide bonds. The van der Waals surface area contributed by atoms with Gasteiger partial charge in [-0.3, -0.25) is 0 Å². The van der Waals surface area contributed by atoms with E-state index in [1.807, 2.05) is 42.6 Å². The van der Waals surface area contributed by atoms with Crippen molar-refractivity contribution in [3.8, 4) is 23.0 Å². The molecule has 0 bridgehead atoms. The average molecular weight is 460 g/mol. The minimum atomic E-state index is -0.316. The molecule has 3 aromatic carbocycles. The van der Waals surface area contributed by atoms with Crippen molar-refractivity contribution in [3.05, 3.63) is 78.0 Å². The van der Waals surface area contributed by atoms with Crippen LogP contribution in [0.3, 0.4) is 0 Å². The van der Waals surface area contributed by atoms with Gasteiger partial charge in [0.15, 0.2) is 23.0 Å². The molecule has 0 saturated heterocycles. The Morgan fingerprint density at radius 3 is 2.68 bits per heavy atom. The lowest BCUT2D eigenvalue weighted by Crippen LogP contribution is -2.32. The van der Waals surface area contributed by atoms with Gasteiger partial charge in [-0.25, -0.2) is 4.79 Å². The topological polar surface area (TPSA) is 93.8 Å². The van der Waals surface area contributed by atoms with Gasteiger partial charge in [-0.15, -0.1) is 0 Å². The number of rotatable bonds is 7. The molecule has 0 saturated carbocycles. The summed E-state index contributed by atoms with van der Waals surface area (Å²) in [5.41, 5.74) is 3.72. The lowest BCUT2D eigenvalue weighted by molar-refractivity contribution is 0.174. The highest BCUT2D eigenvalue weighted by atomic mass is 16.7. The minimum Gasteiger partial charge on any atom is -0.493 e. The number of ether oxygens (including phenoxy) is 4. The molecule has 0 fully saturated rings. The van der Waals surface area contributed by atoms with Crippen molar-refractivity contribution in [1.29, 1.82) is 0 Å². The number of amides is 2. The Morgan fingerprint density at radius 2 is 1.82 bits per heavy atom. The van der Waals surface area contributed by atoms with E-state index in [0.29, 0.717) is 35.2 Å². The van der Waals surface area contributed by atoms with E-state index in [1.165, 1.54) is 0 Å². The van der Waals surface area contributed by atoms with Crippen molar-refractivity contribution < 1.29 is 23.7 Å². The number of aromatic nitrogens is 1. The van der Waals surface area contributed by atoms with Crippen molar-refractivity contribution >= 4 is 22.6 Å². The molecule has 0 spiro atoms. The van der Waals surface area contributed by atoms with Crippen LogP contribution in [0.25, 0.3) is 10.9 Å².